The fraction of sp³-hybridized carbons (Fsp3) is 0.692. The van der Waals surface area contributed by atoms with Crippen molar-refractivity contribution in [3.05, 3.63) is 12.7 Å². The molecular formula is C13H22N2O3. The van der Waals surface area contributed by atoms with Crippen LogP contribution in [0.5, 0.6) is 0 Å². The number of rotatable bonds is 7. The van der Waals surface area contributed by atoms with Gasteiger partial charge in [-0.15, -0.1) is 6.58 Å². The Morgan fingerprint density at radius 1 is 1.50 bits per heavy atom. The van der Waals surface area contributed by atoms with Gasteiger partial charge in [-0.1, -0.05) is 13.0 Å². The zero-order valence-electron chi connectivity index (χ0n) is 11.0. The molecule has 0 saturated carbocycles. The van der Waals surface area contributed by atoms with Crippen molar-refractivity contribution in [3.8, 4) is 0 Å². The van der Waals surface area contributed by atoms with Crippen LogP contribution in [0.1, 0.15) is 26.2 Å². The summed E-state index contributed by atoms with van der Waals surface area (Å²) in [6.45, 7) is 7.66. The molecular weight excluding hydrogens is 232 g/mol. The molecule has 1 atom stereocenters. The van der Waals surface area contributed by atoms with Gasteiger partial charge in [0, 0.05) is 19.5 Å². The van der Waals surface area contributed by atoms with Gasteiger partial charge in [0.15, 0.2) is 0 Å². The van der Waals surface area contributed by atoms with Gasteiger partial charge in [0.25, 0.3) is 0 Å². The molecule has 1 fully saturated rings. The number of nitrogens with one attached hydrogen (secondary N) is 1. The fourth-order valence-corrected chi connectivity index (χ4v) is 1.84. The lowest BCUT2D eigenvalue weighted by Crippen LogP contribution is -2.45. The van der Waals surface area contributed by atoms with Crippen LogP contribution in [0, 0.1) is 0 Å². The zero-order valence-corrected chi connectivity index (χ0v) is 11.0. The first kappa shape index (κ1) is 14.7. The summed E-state index contributed by atoms with van der Waals surface area (Å²) in [6.07, 6.45) is 3.60. The maximum Gasteiger partial charge on any atom is 0.245 e. The van der Waals surface area contributed by atoms with Gasteiger partial charge < -0.3 is 15.0 Å². The minimum Gasteiger partial charge on any atom is -0.379 e. The highest BCUT2D eigenvalue weighted by Crippen LogP contribution is 2.06. The first-order valence-electron chi connectivity index (χ1n) is 6.45. The molecule has 18 heavy (non-hydrogen) atoms. The van der Waals surface area contributed by atoms with E-state index in [2.05, 4.69) is 11.9 Å². The summed E-state index contributed by atoms with van der Waals surface area (Å²) in [5.74, 6) is -0.0547. The molecule has 0 aromatic carbocycles. The molecule has 5 heteroatoms. The van der Waals surface area contributed by atoms with Crippen molar-refractivity contribution in [3.63, 3.8) is 0 Å². The van der Waals surface area contributed by atoms with Crippen molar-refractivity contribution in [2.75, 3.05) is 26.3 Å². The summed E-state index contributed by atoms with van der Waals surface area (Å²) >= 11 is 0. The van der Waals surface area contributed by atoms with E-state index in [1.807, 2.05) is 6.92 Å². The number of nitrogens with zero attached hydrogens (tertiary/aromatic N) is 1. The molecule has 1 heterocycles. The van der Waals surface area contributed by atoms with Crippen LogP contribution in [0.2, 0.25) is 0 Å². The van der Waals surface area contributed by atoms with E-state index < -0.39 is 0 Å². The number of amides is 2. The SMILES string of the molecule is C=CCCOCCN1CCC(=O)NC(CC)C1=O. The summed E-state index contributed by atoms with van der Waals surface area (Å²) < 4.78 is 5.39. The Morgan fingerprint density at radius 2 is 2.28 bits per heavy atom. The maximum absolute atomic E-state index is 12.1. The molecule has 0 bridgehead atoms. The van der Waals surface area contributed by atoms with Gasteiger partial charge in [0.2, 0.25) is 11.8 Å². The van der Waals surface area contributed by atoms with Crippen LogP contribution in [-0.2, 0) is 14.3 Å². The molecule has 1 aliphatic heterocycles. The van der Waals surface area contributed by atoms with Crippen molar-refractivity contribution in [1.29, 1.82) is 0 Å². The second kappa shape index (κ2) is 7.87. The second-order valence-electron chi connectivity index (χ2n) is 4.29. The Bertz CT molecular complexity index is 305. The third kappa shape index (κ3) is 4.49. The van der Waals surface area contributed by atoms with E-state index in [-0.39, 0.29) is 17.9 Å². The summed E-state index contributed by atoms with van der Waals surface area (Å²) in [5.41, 5.74) is 0. The van der Waals surface area contributed by atoms with E-state index in [1.165, 1.54) is 0 Å². The molecule has 0 aromatic heterocycles. The van der Waals surface area contributed by atoms with Crippen LogP contribution in [0.3, 0.4) is 0 Å². The van der Waals surface area contributed by atoms with Gasteiger partial charge in [-0.05, 0) is 12.8 Å². The molecule has 1 unspecified atom stereocenters. The number of carbonyl (C=O) groups excluding carboxylic acids is 2. The average molecular weight is 254 g/mol. The predicted molar refractivity (Wildman–Crippen MR) is 69.1 cm³/mol. The molecule has 1 saturated heterocycles. The maximum atomic E-state index is 12.1. The summed E-state index contributed by atoms with van der Waals surface area (Å²) in [5, 5.41) is 2.73. The predicted octanol–water partition coefficient (Wildman–Crippen LogP) is 0.706. The minimum atomic E-state index is -0.381. The Balaban J connectivity index is 2.40. The quantitative estimate of drug-likeness (QED) is 0.537. The van der Waals surface area contributed by atoms with Crippen molar-refractivity contribution >= 4 is 11.8 Å². The van der Waals surface area contributed by atoms with Crippen LogP contribution in [0.25, 0.3) is 0 Å². The molecule has 1 aliphatic rings. The highest BCUT2D eigenvalue weighted by Gasteiger charge is 2.27. The largest absolute Gasteiger partial charge is 0.379 e. The van der Waals surface area contributed by atoms with Crippen molar-refractivity contribution in [2.45, 2.75) is 32.2 Å². The van der Waals surface area contributed by atoms with Crippen molar-refractivity contribution < 1.29 is 14.3 Å². The first-order chi connectivity index (χ1) is 8.69. The van der Waals surface area contributed by atoms with E-state index in [9.17, 15) is 9.59 Å². The van der Waals surface area contributed by atoms with Gasteiger partial charge in [0.05, 0.1) is 13.2 Å². The fourth-order valence-electron chi connectivity index (χ4n) is 1.84. The van der Waals surface area contributed by atoms with Gasteiger partial charge in [-0.3, -0.25) is 9.59 Å². The van der Waals surface area contributed by atoms with E-state index in [0.29, 0.717) is 39.1 Å². The minimum absolute atomic E-state index is 0.00401. The molecule has 5 nitrogen and oxygen atoms in total. The van der Waals surface area contributed by atoms with Gasteiger partial charge in [0.1, 0.15) is 6.04 Å². The normalized spacial score (nSPS) is 20.5. The Morgan fingerprint density at radius 3 is 2.94 bits per heavy atom. The van der Waals surface area contributed by atoms with Crippen LogP contribution in [0.4, 0.5) is 0 Å². The molecule has 1 rings (SSSR count). The third-order valence-electron chi connectivity index (χ3n) is 2.93. The molecule has 0 aliphatic carbocycles. The lowest BCUT2D eigenvalue weighted by Gasteiger charge is -2.23. The van der Waals surface area contributed by atoms with Crippen LogP contribution in [0.15, 0.2) is 12.7 Å². The molecule has 1 N–H and O–H groups in total. The van der Waals surface area contributed by atoms with E-state index in [1.54, 1.807) is 11.0 Å². The number of hydrogen-bond donors (Lipinski definition) is 1. The molecule has 0 radical (unpaired) electrons. The highest BCUT2D eigenvalue weighted by atomic mass is 16.5. The summed E-state index contributed by atoms with van der Waals surface area (Å²) in [6, 6.07) is -0.381. The lowest BCUT2D eigenvalue weighted by atomic mass is 10.2. The number of hydrogen-bond acceptors (Lipinski definition) is 3. The molecule has 2 amide bonds. The van der Waals surface area contributed by atoms with Crippen LogP contribution >= 0.6 is 0 Å². The lowest BCUT2D eigenvalue weighted by molar-refractivity contribution is -0.134. The average Bonchev–Trinajstić information content (AvgIpc) is 2.50. The van der Waals surface area contributed by atoms with Crippen molar-refractivity contribution in [2.24, 2.45) is 0 Å². The molecule has 0 spiro atoms. The van der Waals surface area contributed by atoms with Gasteiger partial charge >= 0.3 is 0 Å². The van der Waals surface area contributed by atoms with Gasteiger partial charge in [-0.2, -0.15) is 0 Å². The monoisotopic (exact) mass is 254 g/mol. The number of ether oxygens (including phenoxy) is 1. The zero-order chi connectivity index (χ0) is 13.4. The summed E-state index contributed by atoms with van der Waals surface area (Å²) in [4.78, 5) is 25.2. The topological polar surface area (TPSA) is 58.6 Å². The first-order valence-corrected chi connectivity index (χ1v) is 6.45. The van der Waals surface area contributed by atoms with Crippen molar-refractivity contribution in [1.82, 2.24) is 10.2 Å². The standard InChI is InChI=1S/C13H22N2O3/c1-3-5-9-18-10-8-15-7-6-12(16)14-11(4-2)13(15)17/h3,11H,1,4-10H2,2H3,(H,14,16). The van der Waals surface area contributed by atoms with E-state index in [4.69, 9.17) is 4.74 Å². The smallest absolute Gasteiger partial charge is 0.245 e. The highest BCUT2D eigenvalue weighted by molar-refractivity contribution is 5.89. The summed E-state index contributed by atoms with van der Waals surface area (Å²) in [7, 11) is 0. The molecule has 0 aromatic rings. The second-order valence-corrected chi connectivity index (χ2v) is 4.29. The number of carbonyl (C=O) groups is 2. The third-order valence-corrected chi connectivity index (χ3v) is 2.93. The van der Waals surface area contributed by atoms with E-state index in [0.717, 1.165) is 6.42 Å². The Kier molecular flexibility index (Phi) is 6.43. The van der Waals surface area contributed by atoms with E-state index >= 15 is 0 Å². The van der Waals surface area contributed by atoms with Gasteiger partial charge in [-0.25, -0.2) is 0 Å². The van der Waals surface area contributed by atoms with Crippen LogP contribution < -0.4 is 5.32 Å². The Hall–Kier alpha value is -1.36. The van der Waals surface area contributed by atoms with Crippen LogP contribution in [-0.4, -0.2) is 49.1 Å². The Labute approximate surface area is 108 Å². The molecule has 102 valence electrons.